The van der Waals surface area contributed by atoms with Crippen molar-refractivity contribution in [3.05, 3.63) is 65.7 Å². The SMILES string of the molecule is CC(Cc1ccccc1)c1ccc(OCCO)cc1. The molecule has 0 aliphatic carbocycles. The number of hydrogen-bond acceptors (Lipinski definition) is 2. The Hall–Kier alpha value is -1.80. The van der Waals surface area contributed by atoms with Crippen LogP contribution >= 0.6 is 0 Å². The van der Waals surface area contributed by atoms with E-state index in [2.05, 4.69) is 43.3 Å². The fraction of sp³-hybridized carbons (Fsp3) is 0.294. The topological polar surface area (TPSA) is 29.5 Å². The van der Waals surface area contributed by atoms with Crippen LogP contribution in [0.25, 0.3) is 0 Å². The molecule has 100 valence electrons. The van der Waals surface area contributed by atoms with Gasteiger partial charge in [0.2, 0.25) is 0 Å². The Morgan fingerprint density at radius 3 is 2.32 bits per heavy atom. The van der Waals surface area contributed by atoms with E-state index in [1.165, 1.54) is 11.1 Å². The first-order valence-corrected chi connectivity index (χ1v) is 6.67. The number of hydrogen-bond donors (Lipinski definition) is 1. The van der Waals surface area contributed by atoms with Gasteiger partial charge in [0, 0.05) is 0 Å². The Bertz CT molecular complexity index is 476. The molecule has 2 rings (SSSR count). The molecule has 1 atom stereocenters. The molecule has 2 heteroatoms. The molecule has 0 bridgehead atoms. The molecule has 2 nitrogen and oxygen atoms in total. The van der Waals surface area contributed by atoms with Gasteiger partial charge in [0.15, 0.2) is 0 Å². The molecule has 1 unspecified atom stereocenters. The van der Waals surface area contributed by atoms with Crippen molar-refractivity contribution in [1.29, 1.82) is 0 Å². The summed E-state index contributed by atoms with van der Waals surface area (Å²) in [5.41, 5.74) is 2.66. The minimum Gasteiger partial charge on any atom is -0.491 e. The van der Waals surface area contributed by atoms with Gasteiger partial charge in [-0.05, 0) is 35.6 Å². The molecular weight excluding hydrogens is 236 g/mol. The van der Waals surface area contributed by atoms with E-state index in [4.69, 9.17) is 9.84 Å². The number of ether oxygens (including phenoxy) is 1. The van der Waals surface area contributed by atoms with E-state index < -0.39 is 0 Å². The minimum atomic E-state index is 0.0478. The molecule has 0 radical (unpaired) electrons. The van der Waals surface area contributed by atoms with Crippen LogP contribution in [0.5, 0.6) is 5.75 Å². The molecule has 2 aromatic carbocycles. The molecule has 0 saturated carbocycles. The summed E-state index contributed by atoms with van der Waals surface area (Å²) in [4.78, 5) is 0. The standard InChI is InChI=1S/C17H20O2/c1-14(13-15-5-3-2-4-6-15)16-7-9-17(10-8-16)19-12-11-18/h2-10,14,18H,11-13H2,1H3. The van der Waals surface area contributed by atoms with Crippen LogP contribution in [0.4, 0.5) is 0 Å². The fourth-order valence-corrected chi connectivity index (χ4v) is 2.14. The summed E-state index contributed by atoms with van der Waals surface area (Å²) in [6.45, 7) is 2.63. The van der Waals surface area contributed by atoms with E-state index in [1.807, 2.05) is 18.2 Å². The average molecular weight is 256 g/mol. The molecule has 0 heterocycles. The highest BCUT2D eigenvalue weighted by atomic mass is 16.5. The summed E-state index contributed by atoms with van der Waals surface area (Å²) in [7, 11) is 0. The lowest BCUT2D eigenvalue weighted by Crippen LogP contribution is -2.02. The van der Waals surface area contributed by atoms with Crippen LogP contribution in [0.1, 0.15) is 24.0 Å². The molecule has 0 spiro atoms. The van der Waals surface area contributed by atoms with Crippen LogP contribution < -0.4 is 4.74 Å². The molecule has 0 fully saturated rings. The third-order valence-corrected chi connectivity index (χ3v) is 3.19. The Kier molecular flexibility index (Phi) is 4.99. The van der Waals surface area contributed by atoms with Crippen molar-refractivity contribution in [1.82, 2.24) is 0 Å². The van der Waals surface area contributed by atoms with E-state index in [1.54, 1.807) is 0 Å². The first kappa shape index (κ1) is 13.6. The summed E-state index contributed by atoms with van der Waals surface area (Å²) in [5.74, 6) is 1.29. The van der Waals surface area contributed by atoms with E-state index in [9.17, 15) is 0 Å². The maximum atomic E-state index is 8.71. The van der Waals surface area contributed by atoms with E-state index in [0.717, 1.165) is 12.2 Å². The van der Waals surface area contributed by atoms with Crippen molar-refractivity contribution in [2.75, 3.05) is 13.2 Å². The number of aliphatic hydroxyl groups excluding tert-OH is 1. The lowest BCUT2D eigenvalue weighted by molar-refractivity contribution is 0.201. The first-order chi connectivity index (χ1) is 9.29. The highest BCUT2D eigenvalue weighted by Crippen LogP contribution is 2.22. The summed E-state index contributed by atoms with van der Waals surface area (Å²) < 4.78 is 5.36. The minimum absolute atomic E-state index is 0.0478. The Labute approximate surface area is 114 Å². The van der Waals surface area contributed by atoms with Crippen molar-refractivity contribution >= 4 is 0 Å². The van der Waals surface area contributed by atoms with Gasteiger partial charge in [0.1, 0.15) is 12.4 Å². The summed E-state index contributed by atoms with van der Waals surface area (Å²) >= 11 is 0. The Balaban J connectivity index is 1.97. The molecule has 0 amide bonds. The monoisotopic (exact) mass is 256 g/mol. The summed E-state index contributed by atoms with van der Waals surface area (Å²) in [6, 6.07) is 18.6. The Morgan fingerprint density at radius 2 is 1.68 bits per heavy atom. The number of benzene rings is 2. The number of rotatable bonds is 6. The zero-order chi connectivity index (χ0) is 13.5. The second-order valence-electron chi connectivity index (χ2n) is 4.73. The molecule has 0 aromatic heterocycles. The third kappa shape index (κ3) is 4.11. The smallest absolute Gasteiger partial charge is 0.119 e. The largest absolute Gasteiger partial charge is 0.491 e. The normalized spacial score (nSPS) is 12.1. The maximum Gasteiger partial charge on any atom is 0.119 e. The van der Waals surface area contributed by atoms with Gasteiger partial charge >= 0.3 is 0 Å². The van der Waals surface area contributed by atoms with E-state index >= 15 is 0 Å². The van der Waals surface area contributed by atoms with Crippen molar-refractivity contribution in [3.63, 3.8) is 0 Å². The molecule has 0 saturated heterocycles. The van der Waals surface area contributed by atoms with Gasteiger partial charge in [-0.3, -0.25) is 0 Å². The zero-order valence-electron chi connectivity index (χ0n) is 11.3. The molecule has 0 aliphatic heterocycles. The van der Waals surface area contributed by atoms with Gasteiger partial charge in [0.05, 0.1) is 6.61 Å². The van der Waals surface area contributed by atoms with Crippen LogP contribution in [-0.2, 0) is 6.42 Å². The van der Waals surface area contributed by atoms with Crippen molar-refractivity contribution in [2.45, 2.75) is 19.3 Å². The van der Waals surface area contributed by atoms with Crippen LogP contribution in [0.3, 0.4) is 0 Å². The Morgan fingerprint density at radius 1 is 1.00 bits per heavy atom. The van der Waals surface area contributed by atoms with Crippen LogP contribution in [-0.4, -0.2) is 18.3 Å². The highest BCUT2D eigenvalue weighted by Gasteiger charge is 2.06. The lowest BCUT2D eigenvalue weighted by atomic mass is 9.94. The predicted octanol–water partition coefficient (Wildman–Crippen LogP) is 3.40. The fourth-order valence-electron chi connectivity index (χ4n) is 2.14. The molecule has 19 heavy (non-hydrogen) atoms. The predicted molar refractivity (Wildman–Crippen MR) is 77.6 cm³/mol. The zero-order valence-corrected chi connectivity index (χ0v) is 11.3. The average Bonchev–Trinajstić information content (AvgIpc) is 2.46. The molecular formula is C17H20O2. The van der Waals surface area contributed by atoms with Gasteiger partial charge in [-0.15, -0.1) is 0 Å². The summed E-state index contributed by atoms with van der Waals surface area (Å²) in [5, 5.41) is 8.71. The van der Waals surface area contributed by atoms with Crippen LogP contribution in [0.15, 0.2) is 54.6 Å². The third-order valence-electron chi connectivity index (χ3n) is 3.19. The van der Waals surface area contributed by atoms with Gasteiger partial charge in [-0.2, -0.15) is 0 Å². The van der Waals surface area contributed by atoms with Crippen molar-refractivity contribution in [3.8, 4) is 5.75 Å². The van der Waals surface area contributed by atoms with Gasteiger partial charge in [-0.1, -0.05) is 49.4 Å². The van der Waals surface area contributed by atoms with E-state index in [0.29, 0.717) is 12.5 Å². The molecule has 2 aromatic rings. The lowest BCUT2D eigenvalue weighted by Gasteiger charge is -2.13. The quantitative estimate of drug-likeness (QED) is 0.858. The van der Waals surface area contributed by atoms with E-state index in [-0.39, 0.29) is 6.61 Å². The van der Waals surface area contributed by atoms with Gasteiger partial charge in [-0.25, -0.2) is 0 Å². The molecule has 1 N–H and O–H groups in total. The van der Waals surface area contributed by atoms with Gasteiger partial charge < -0.3 is 9.84 Å². The van der Waals surface area contributed by atoms with Crippen LogP contribution in [0.2, 0.25) is 0 Å². The second-order valence-corrected chi connectivity index (χ2v) is 4.73. The van der Waals surface area contributed by atoms with Crippen molar-refractivity contribution < 1.29 is 9.84 Å². The highest BCUT2D eigenvalue weighted by molar-refractivity contribution is 5.30. The summed E-state index contributed by atoms with van der Waals surface area (Å²) in [6.07, 6.45) is 1.04. The molecule has 0 aliphatic rings. The van der Waals surface area contributed by atoms with Crippen molar-refractivity contribution in [2.24, 2.45) is 0 Å². The number of aliphatic hydroxyl groups is 1. The van der Waals surface area contributed by atoms with Gasteiger partial charge in [0.25, 0.3) is 0 Å². The maximum absolute atomic E-state index is 8.71. The van der Waals surface area contributed by atoms with Crippen LogP contribution in [0, 0.1) is 0 Å². The second kappa shape index (κ2) is 6.95. The first-order valence-electron chi connectivity index (χ1n) is 6.67.